The third-order valence-electron chi connectivity index (χ3n) is 7.60. The molecule has 41 heavy (non-hydrogen) atoms. The molecule has 0 saturated heterocycles. The SMILES string of the molecule is Cn1c(-c2ccccc2)c(/C(=C2\OC(=NCc3ccccc3)c3ccccc32)c2ccccc2)c2ccc(Cl)cc21. The monoisotopic (exact) mass is 550 g/mol. The summed E-state index contributed by atoms with van der Waals surface area (Å²) in [5.41, 5.74) is 9.64. The van der Waals surface area contributed by atoms with E-state index in [0.717, 1.165) is 61.3 Å². The fourth-order valence-corrected chi connectivity index (χ4v) is 5.88. The van der Waals surface area contributed by atoms with Crippen molar-refractivity contribution in [2.45, 2.75) is 6.54 Å². The average molecular weight is 551 g/mol. The summed E-state index contributed by atoms with van der Waals surface area (Å²) >= 11 is 6.53. The molecule has 7 rings (SSSR count). The number of ether oxygens (including phenoxy) is 1. The van der Waals surface area contributed by atoms with Gasteiger partial charge in [0.05, 0.1) is 17.8 Å². The number of aliphatic imine (C=N–C) groups is 1. The van der Waals surface area contributed by atoms with E-state index in [4.69, 9.17) is 21.3 Å². The van der Waals surface area contributed by atoms with E-state index in [-0.39, 0.29) is 0 Å². The number of aromatic nitrogens is 1. The fourth-order valence-electron chi connectivity index (χ4n) is 5.71. The molecule has 0 N–H and O–H groups in total. The molecule has 2 heterocycles. The van der Waals surface area contributed by atoms with Crippen molar-refractivity contribution in [3.63, 3.8) is 0 Å². The smallest absolute Gasteiger partial charge is 0.223 e. The first kappa shape index (κ1) is 25.1. The summed E-state index contributed by atoms with van der Waals surface area (Å²) in [6, 6.07) is 45.7. The summed E-state index contributed by atoms with van der Waals surface area (Å²) < 4.78 is 9.03. The number of halogens is 1. The third-order valence-corrected chi connectivity index (χ3v) is 7.83. The standard InChI is InChI=1S/C37H27ClN2O/c1-40-32-23-28(38)21-22-31(32)34(35(40)27-17-9-4-10-18-27)33(26-15-7-3-8-16-26)36-29-19-11-12-20-30(29)37(41-36)39-24-25-13-5-2-6-14-25/h2-23H,24H2,1H3/b36-33-,39-37?. The van der Waals surface area contributed by atoms with E-state index in [1.165, 1.54) is 0 Å². The molecule has 0 bridgehead atoms. The van der Waals surface area contributed by atoms with E-state index < -0.39 is 0 Å². The van der Waals surface area contributed by atoms with Crippen molar-refractivity contribution in [2.75, 3.05) is 0 Å². The molecule has 1 aliphatic heterocycles. The Balaban J connectivity index is 1.54. The number of nitrogens with zero attached hydrogens (tertiary/aromatic N) is 2. The molecule has 0 fully saturated rings. The number of benzene rings is 5. The third kappa shape index (κ3) is 4.55. The maximum absolute atomic E-state index is 6.79. The molecule has 5 aromatic carbocycles. The molecule has 1 aromatic heterocycles. The molecule has 0 aliphatic carbocycles. The lowest BCUT2D eigenvalue weighted by Crippen LogP contribution is -2.00. The highest BCUT2D eigenvalue weighted by molar-refractivity contribution is 6.31. The number of aryl methyl sites for hydroxylation is 1. The Morgan fingerprint density at radius 1 is 0.732 bits per heavy atom. The van der Waals surface area contributed by atoms with Crippen LogP contribution in [-0.2, 0) is 18.3 Å². The zero-order chi connectivity index (χ0) is 27.8. The van der Waals surface area contributed by atoms with Crippen LogP contribution in [0.5, 0.6) is 0 Å². The Hall–Kier alpha value is -4.86. The molecular weight excluding hydrogens is 524 g/mol. The topological polar surface area (TPSA) is 26.5 Å². The van der Waals surface area contributed by atoms with E-state index in [0.29, 0.717) is 17.5 Å². The van der Waals surface area contributed by atoms with Crippen LogP contribution in [-0.4, -0.2) is 10.5 Å². The summed E-state index contributed by atoms with van der Waals surface area (Å²) in [5.74, 6) is 1.44. The van der Waals surface area contributed by atoms with Gasteiger partial charge >= 0.3 is 0 Å². The predicted octanol–water partition coefficient (Wildman–Crippen LogP) is 9.39. The first-order valence-corrected chi connectivity index (χ1v) is 14.1. The zero-order valence-corrected chi connectivity index (χ0v) is 23.3. The van der Waals surface area contributed by atoms with Gasteiger partial charge in [0.1, 0.15) is 5.76 Å². The van der Waals surface area contributed by atoms with Crippen molar-refractivity contribution in [3.05, 3.63) is 166 Å². The average Bonchev–Trinajstić information content (AvgIpc) is 3.53. The normalized spacial score (nSPS) is 14.7. The molecule has 0 amide bonds. The van der Waals surface area contributed by atoms with E-state index in [2.05, 4.69) is 96.5 Å². The Bertz CT molecular complexity index is 1940. The Labute approximate surface area is 244 Å². The van der Waals surface area contributed by atoms with Gasteiger partial charge in [0, 0.05) is 39.7 Å². The molecule has 0 unspecified atom stereocenters. The molecule has 0 saturated carbocycles. The Morgan fingerprint density at radius 2 is 1.37 bits per heavy atom. The largest absolute Gasteiger partial charge is 0.437 e. The Morgan fingerprint density at radius 3 is 2.10 bits per heavy atom. The molecule has 6 aromatic rings. The molecule has 198 valence electrons. The van der Waals surface area contributed by atoms with Crippen LogP contribution in [0.25, 0.3) is 33.5 Å². The van der Waals surface area contributed by atoms with Crippen molar-refractivity contribution in [3.8, 4) is 11.3 Å². The molecule has 0 atom stereocenters. The molecule has 1 aliphatic rings. The molecule has 3 nitrogen and oxygen atoms in total. The minimum atomic E-state index is 0.542. The van der Waals surface area contributed by atoms with Gasteiger partial charge < -0.3 is 9.30 Å². The summed E-state index contributed by atoms with van der Waals surface area (Å²) in [6.07, 6.45) is 0. The lowest BCUT2D eigenvalue weighted by molar-refractivity contribution is 0.523. The summed E-state index contributed by atoms with van der Waals surface area (Å²) in [5, 5.41) is 1.81. The van der Waals surface area contributed by atoms with E-state index >= 15 is 0 Å². The number of rotatable bonds is 5. The second kappa shape index (κ2) is 10.6. The first-order valence-electron chi connectivity index (χ1n) is 13.7. The quantitative estimate of drug-likeness (QED) is 0.210. The zero-order valence-electron chi connectivity index (χ0n) is 22.6. The van der Waals surface area contributed by atoms with Crippen molar-refractivity contribution in [1.82, 2.24) is 4.57 Å². The van der Waals surface area contributed by atoms with Crippen molar-refractivity contribution < 1.29 is 4.74 Å². The van der Waals surface area contributed by atoms with Gasteiger partial charge in [0.2, 0.25) is 5.90 Å². The fraction of sp³-hybridized carbons (Fsp3) is 0.0541. The highest BCUT2D eigenvalue weighted by Crippen LogP contribution is 2.46. The molecular formula is C37H27ClN2O. The summed E-state index contributed by atoms with van der Waals surface area (Å²) in [7, 11) is 2.11. The second-order valence-electron chi connectivity index (χ2n) is 10.1. The van der Waals surface area contributed by atoms with Crippen molar-refractivity contribution >= 4 is 39.7 Å². The van der Waals surface area contributed by atoms with E-state index in [1.807, 2.05) is 48.5 Å². The molecule has 0 spiro atoms. The van der Waals surface area contributed by atoms with Gasteiger partial charge in [0.25, 0.3) is 0 Å². The van der Waals surface area contributed by atoms with Gasteiger partial charge in [-0.25, -0.2) is 4.99 Å². The maximum atomic E-state index is 6.79. The van der Waals surface area contributed by atoms with E-state index in [9.17, 15) is 0 Å². The van der Waals surface area contributed by atoms with Gasteiger partial charge in [-0.2, -0.15) is 0 Å². The lowest BCUT2D eigenvalue weighted by Gasteiger charge is -2.15. The van der Waals surface area contributed by atoms with Crippen LogP contribution in [0.4, 0.5) is 0 Å². The molecule has 4 heteroatoms. The number of hydrogen-bond donors (Lipinski definition) is 0. The van der Waals surface area contributed by atoms with Crippen LogP contribution in [0, 0.1) is 0 Å². The van der Waals surface area contributed by atoms with Gasteiger partial charge in [-0.3, -0.25) is 0 Å². The molecule has 0 radical (unpaired) electrons. The van der Waals surface area contributed by atoms with Crippen LogP contribution in [0.15, 0.2) is 138 Å². The highest BCUT2D eigenvalue weighted by atomic mass is 35.5. The minimum absolute atomic E-state index is 0.542. The first-order chi connectivity index (χ1) is 20.2. The van der Waals surface area contributed by atoms with Crippen molar-refractivity contribution in [2.24, 2.45) is 12.0 Å². The van der Waals surface area contributed by atoms with Crippen LogP contribution in [0.1, 0.15) is 27.8 Å². The lowest BCUT2D eigenvalue weighted by atomic mass is 9.90. The van der Waals surface area contributed by atoms with Crippen LogP contribution in [0.2, 0.25) is 5.02 Å². The predicted molar refractivity (Wildman–Crippen MR) is 170 cm³/mol. The van der Waals surface area contributed by atoms with Crippen LogP contribution in [0.3, 0.4) is 0 Å². The van der Waals surface area contributed by atoms with Gasteiger partial charge in [-0.15, -0.1) is 0 Å². The maximum Gasteiger partial charge on any atom is 0.223 e. The number of fused-ring (bicyclic) bond motifs is 2. The van der Waals surface area contributed by atoms with Gasteiger partial charge in [-0.05, 0) is 34.9 Å². The minimum Gasteiger partial charge on any atom is -0.437 e. The van der Waals surface area contributed by atoms with Crippen LogP contribution < -0.4 is 0 Å². The van der Waals surface area contributed by atoms with Crippen LogP contribution >= 0.6 is 11.6 Å². The van der Waals surface area contributed by atoms with Crippen molar-refractivity contribution in [1.29, 1.82) is 0 Å². The van der Waals surface area contributed by atoms with E-state index in [1.54, 1.807) is 0 Å². The number of hydrogen-bond acceptors (Lipinski definition) is 2. The summed E-state index contributed by atoms with van der Waals surface area (Å²) in [6.45, 7) is 0.542. The second-order valence-corrected chi connectivity index (χ2v) is 10.6. The highest BCUT2D eigenvalue weighted by Gasteiger charge is 2.31. The van der Waals surface area contributed by atoms with Gasteiger partial charge in [-0.1, -0.05) is 127 Å². The van der Waals surface area contributed by atoms with Gasteiger partial charge in [0.15, 0.2) is 0 Å². The summed E-state index contributed by atoms with van der Waals surface area (Å²) in [4.78, 5) is 4.95. The Kier molecular flexibility index (Phi) is 6.50.